The fourth-order valence-electron chi connectivity index (χ4n) is 3.09. The van der Waals surface area contributed by atoms with Crippen molar-refractivity contribution in [2.24, 2.45) is 5.92 Å². The lowest BCUT2D eigenvalue weighted by atomic mass is 10.1. The van der Waals surface area contributed by atoms with Crippen LogP contribution >= 0.6 is 0 Å². The highest BCUT2D eigenvalue weighted by Crippen LogP contribution is 2.38. The second-order valence-electron chi connectivity index (χ2n) is 6.54. The fourth-order valence-corrected chi connectivity index (χ4v) is 3.09. The molecule has 0 spiro atoms. The minimum absolute atomic E-state index is 0.0417. The third kappa shape index (κ3) is 3.60. The van der Waals surface area contributed by atoms with Gasteiger partial charge in [-0.25, -0.2) is 0 Å². The molecule has 1 heterocycles. The predicted molar refractivity (Wildman–Crippen MR) is 86.8 cm³/mol. The highest BCUT2D eigenvalue weighted by Gasteiger charge is 2.42. The van der Waals surface area contributed by atoms with Crippen molar-refractivity contribution < 1.29 is 27.1 Å². The largest absolute Gasteiger partial charge is 0.497 e. The summed E-state index contributed by atoms with van der Waals surface area (Å²) in [4.78, 5) is 13.7. The number of alkyl halides is 3. The summed E-state index contributed by atoms with van der Waals surface area (Å²) >= 11 is 0. The third-order valence-electron chi connectivity index (χ3n) is 4.74. The van der Waals surface area contributed by atoms with Crippen LogP contribution in [0.4, 0.5) is 13.2 Å². The van der Waals surface area contributed by atoms with Crippen LogP contribution in [0.3, 0.4) is 0 Å². The maximum absolute atomic E-state index is 13.0. The second kappa shape index (κ2) is 6.28. The number of ether oxygens (including phenoxy) is 1. The van der Waals surface area contributed by atoms with Gasteiger partial charge in [0, 0.05) is 17.0 Å². The maximum atomic E-state index is 13.0. The van der Waals surface area contributed by atoms with E-state index in [9.17, 15) is 18.0 Å². The molecule has 2 aromatic rings. The molecule has 1 aromatic heterocycles. The van der Waals surface area contributed by atoms with E-state index in [2.05, 4.69) is 0 Å². The number of carbonyl (C=O) groups excluding carboxylic acids is 1. The van der Waals surface area contributed by atoms with Gasteiger partial charge in [-0.15, -0.1) is 0 Å². The number of hydrogen-bond donors (Lipinski definition) is 0. The summed E-state index contributed by atoms with van der Waals surface area (Å²) in [6, 6.07) is 4.57. The molecule has 1 aromatic carbocycles. The minimum Gasteiger partial charge on any atom is -0.497 e. The summed E-state index contributed by atoms with van der Waals surface area (Å²) in [7, 11) is 1.52. The van der Waals surface area contributed by atoms with E-state index in [1.165, 1.54) is 7.11 Å². The molecule has 1 aliphatic carbocycles. The number of furan rings is 1. The Bertz CT molecular complexity index is 793. The van der Waals surface area contributed by atoms with Crippen LogP contribution in [0.25, 0.3) is 11.0 Å². The number of aryl methyl sites for hydroxylation is 1. The lowest BCUT2D eigenvalue weighted by molar-refractivity contribution is -0.145. The molecular formula is C18H20F3NO3. The Morgan fingerprint density at radius 2 is 2.08 bits per heavy atom. The summed E-state index contributed by atoms with van der Waals surface area (Å²) < 4.78 is 49.7. The first-order valence-corrected chi connectivity index (χ1v) is 8.16. The molecule has 0 radical (unpaired) electrons. The third-order valence-corrected chi connectivity index (χ3v) is 4.74. The maximum Gasteiger partial charge on any atom is 0.406 e. The average molecular weight is 355 g/mol. The fraction of sp³-hybridized carbons (Fsp3) is 0.500. The second-order valence-corrected chi connectivity index (χ2v) is 6.54. The molecule has 1 aliphatic rings. The molecular weight excluding hydrogens is 335 g/mol. The standard InChI is InChI=1S/C18H20F3NO3/c1-10-14-8-13(24-3)6-7-15(14)25-16(10)17(23)22(9-18(19,20)21)11(2)12-4-5-12/h6-8,11-12H,4-5,9H2,1-3H3. The summed E-state index contributed by atoms with van der Waals surface area (Å²) in [6.07, 6.45) is -2.76. The molecule has 1 fully saturated rings. The van der Waals surface area contributed by atoms with Crippen LogP contribution < -0.4 is 4.74 Å². The lowest BCUT2D eigenvalue weighted by Gasteiger charge is -2.29. The number of fused-ring (bicyclic) bond motifs is 1. The number of rotatable bonds is 5. The van der Waals surface area contributed by atoms with E-state index in [0.717, 1.165) is 17.7 Å². The van der Waals surface area contributed by atoms with E-state index in [-0.39, 0.29) is 11.7 Å². The van der Waals surface area contributed by atoms with Gasteiger partial charge in [-0.3, -0.25) is 4.79 Å². The van der Waals surface area contributed by atoms with Crippen LogP contribution in [0, 0.1) is 12.8 Å². The number of methoxy groups -OCH3 is 1. The molecule has 0 N–H and O–H groups in total. The van der Waals surface area contributed by atoms with Gasteiger partial charge in [0.05, 0.1) is 7.11 Å². The number of hydrogen-bond acceptors (Lipinski definition) is 3. The average Bonchev–Trinajstić information content (AvgIpc) is 3.35. The Morgan fingerprint density at radius 1 is 1.40 bits per heavy atom. The van der Waals surface area contributed by atoms with Crippen LogP contribution in [-0.2, 0) is 0 Å². The van der Waals surface area contributed by atoms with Crippen molar-refractivity contribution >= 4 is 16.9 Å². The highest BCUT2D eigenvalue weighted by molar-refractivity contribution is 5.99. The van der Waals surface area contributed by atoms with Gasteiger partial charge in [0.2, 0.25) is 0 Å². The van der Waals surface area contributed by atoms with Gasteiger partial charge in [-0.05, 0) is 50.8 Å². The van der Waals surface area contributed by atoms with Gasteiger partial charge < -0.3 is 14.1 Å². The van der Waals surface area contributed by atoms with Crippen LogP contribution in [-0.4, -0.2) is 36.7 Å². The first kappa shape index (κ1) is 17.6. The van der Waals surface area contributed by atoms with Gasteiger partial charge in [-0.2, -0.15) is 13.2 Å². The molecule has 0 saturated heterocycles. The zero-order valence-corrected chi connectivity index (χ0v) is 14.3. The van der Waals surface area contributed by atoms with Crippen molar-refractivity contribution in [1.82, 2.24) is 4.90 Å². The van der Waals surface area contributed by atoms with Crippen molar-refractivity contribution in [2.75, 3.05) is 13.7 Å². The van der Waals surface area contributed by atoms with Crippen LogP contribution in [0.1, 0.15) is 35.9 Å². The highest BCUT2D eigenvalue weighted by atomic mass is 19.4. The van der Waals surface area contributed by atoms with E-state index in [1.807, 2.05) is 0 Å². The molecule has 1 amide bonds. The molecule has 1 atom stereocenters. The number of amides is 1. The molecule has 0 aliphatic heterocycles. The minimum atomic E-state index is -4.46. The van der Waals surface area contributed by atoms with Crippen molar-refractivity contribution in [3.63, 3.8) is 0 Å². The molecule has 7 heteroatoms. The molecule has 136 valence electrons. The van der Waals surface area contributed by atoms with E-state index in [0.29, 0.717) is 22.3 Å². The Labute approximate surface area is 143 Å². The SMILES string of the molecule is COc1ccc2oc(C(=O)N(CC(F)(F)F)C(C)C3CC3)c(C)c2c1. The quantitative estimate of drug-likeness (QED) is 0.790. The van der Waals surface area contributed by atoms with Gasteiger partial charge in [0.25, 0.3) is 5.91 Å². The number of nitrogens with zero attached hydrogens (tertiary/aromatic N) is 1. The van der Waals surface area contributed by atoms with Gasteiger partial charge in [0.1, 0.15) is 17.9 Å². The summed E-state index contributed by atoms with van der Waals surface area (Å²) in [6.45, 7) is 2.07. The first-order valence-electron chi connectivity index (χ1n) is 8.16. The van der Waals surface area contributed by atoms with E-state index >= 15 is 0 Å². The van der Waals surface area contributed by atoms with E-state index < -0.39 is 24.7 Å². The van der Waals surface area contributed by atoms with Gasteiger partial charge in [0.15, 0.2) is 5.76 Å². The Balaban J connectivity index is 1.98. The summed E-state index contributed by atoms with van der Waals surface area (Å²) in [5.41, 5.74) is 0.974. The molecule has 1 saturated carbocycles. The number of carbonyl (C=O) groups is 1. The van der Waals surface area contributed by atoms with E-state index in [4.69, 9.17) is 9.15 Å². The molecule has 25 heavy (non-hydrogen) atoms. The monoisotopic (exact) mass is 355 g/mol. The first-order chi connectivity index (χ1) is 11.7. The van der Waals surface area contributed by atoms with Crippen LogP contribution in [0.2, 0.25) is 0 Å². The number of benzene rings is 1. The van der Waals surface area contributed by atoms with Crippen molar-refractivity contribution in [2.45, 2.75) is 38.9 Å². The predicted octanol–water partition coefficient (Wildman–Crippen LogP) is 4.55. The van der Waals surface area contributed by atoms with Crippen molar-refractivity contribution in [1.29, 1.82) is 0 Å². The Hall–Kier alpha value is -2.18. The van der Waals surface area contributed by atoms with Crippen molar-refractivity contribution in [3.05, 3.63) is 29.5 Å². The van der Waals surface area contributed by atoms with E-state index in [1.54, 1.807) is 32.0 Å². The van der Waals surface area contributed by atoms with Crippen LogP contribution in [0.5, 0.6) is 5.75 Å². The lowest BCUT2D eigenvalue weighted by Crippen LogP contribution is -2.45. The number of halogens is 3. The van der Waals surface area contributed by atoms with Crippen molar-refractivity contribution in [3.8, 4) is 5.75 Å². The Kier molecular flexibility index (Phi) is 4.43. The molecule has 3 rings (SSSR count). The zero-order valence-electron chi connectivity index (χ0n) is 14.3. The zero-order chi connectivity index (χ0) is 18.4. The van der Waals surface area contributed by atoms with Gasteiger partial charge in [-0.1, -0.05) is 0 Å². The summed E-state index contributed by atoms with van der Waals surface area (Å²) in [5.74, 6) is -0.0469. The molecule has 0 bridgehead atoms. The van der Waals surface area contributed by atoms with Crippen LogP contribution in [0.15, 0.2) is 22.6 Å². The molecule has 4 nitrogen and oxygen atoms in total. The Morgan fingerprint density at radius 3 is 2.64 bits per heavy atom. The normalized spacial score (nSPS) is 16.1. The topological polar surface area (TPSA) is 42.7 Å². The molecule has 1 unspecified atom stereocenters. The van der Waals surface area contributed by atoms with Gasteiger partial charge >= 0.3 is 6.18 Å². The summed E-state index contributed by atoms with van der Waals surface area (Å²) in [5, 5.41) is 0.661. The smallest absolute Gasteiger partial charge is 0.406 e.